The van der Waals surface area contributed by atoms with Gasteiger partial charge >= 0.3 is 0 Å². The van der Waals surface area contributed by atoms with Crippen molar-refractivity contribution in [1.29, 1.82) is 0 Å². The first-order chi connectivity index (χ1) is 8.70. The number of furan rings is 1. The molecule has 0 aliphatic heterocycles. The summed E-state index contributed by atoms with van der Waals surface area (Å²) in [6.45, 7) is 1.70. The molecule has 1 saturated carbocycles. The van der Waals surface area contributed by atoms with Gasteiger partial charge in [-0.1, -0.05) is 12.8 Å². The molecule has 18 heavy (non-hydrogen) atoms. The molecule has 0 radical (unpaired) electrons. The lowest BCUT2D eigenvalue weighted by Crippen LogP contribution is -2.31. The third-order valence-electron chi connectivity index (χ3n) is 3.58. The molecule has 0 spiro atoms. The molecule has 1 amide bonds. The summed E-state index contributed by atoms with van der Waals surface area (Å²) in [7, 11) is 2.06. The van der Waals surface area contributed by atoms with E-state index in [1.807, 2.05) is 0 Å². The largest absolute Gasteiger partial charge is 0.467 e. The van der Waals surface area contributed by atoms with E-state index >= 15 is 0 Å². The van der Waals surface area contributed by atoms with Gasteiger partial charge in [0.2, 0.25) is 0 Å². The van der Waals surface area contributed by atoms with Gasteiger partial charge in [-0.3, -0.25) is 15.1 Å². The third-order valence-corrected chi connectivity index (χ3v) is 3.58. The maximum atomic E-state index is 11.5. The Morgan fingerprint density at radius 1 is 1.56 bits per heavy atom. The van der Waals surface area contributed by atoms with Crippen molar-refractivity contribution in [2.45, 2.75) is 32.2 Å². The van der Waals surface area contributed by atoms with Crippen LogP contribution in [0.2, 0.25) is 0 Å². The topological polar surface area (TPSA) is 71.5 Å². The van der Waals surface area contributed by atoms with Crippen LogP contribution < -0.4 is 11.3 Å². The normalized spacial score (nSPS) is 16.4. The number of carbonyl (C=O) groups is 1. The summed E-state index contributed by atoms with van der Waals surface area (Å²) in [5.74, 6) is 6.31. The number of rotatable bonds is 5. The minimum Gasteiger partial charge on any atom is -0.467 e. The van der Waals surface area contributed by atoms with Crippen molar-refractivity contribution >= 4 is 5.91 Å². The van der Waals surface area contributed by atoms with Crippen molar-refractivity contribution in [1.82, 2.24) is 10.3 Å². The Hall–Kier alpha value is -1.33. The molecule has 0 unspecified atom stereocenters. The number of amides is 1. The van der Waals surface area contributed by atoms with E-state index in [4.69, 9.17) is 10.3 Å². The molecule has 0 atom stereocenters. The highest BCUT2D eigenvalue weighted by atomic mass is 16.3. The minimum absolute atomic E-state index is 0.298. The fourth-order valence-corrected chi connectivity index (χ4v) is 2.69. The number of hydrazine groups is 1. The Kier molecular flexibility index (Phi) is 4.38. The number of nitrogens with one attached hydrogen (secondary N) is 1. The van der Waals surface area contributed by atoms with Crippen molar-refractivity contribution < 1.29 is 9.21 Å². The molecular weight excluding hydrogens is 230 g/mol. The van der Waals surface area contributed by atoms with E-state index in [-0.39, 0.29) is 5.91 Å². The average molecular weight is 251 g/mol. The molecule has 0 saturated heterocycles. The van der Waals surface area contributed by atoms with E-state index < -0.39 is 0 Å². The molecule has 1 heterocycles. The zero-order chi connectivity index (χ0) is 13.0. The number of hydrogen-bond acceptors (Lipinski definition) is 4. The number of carbonyl (C=O) groups excluding carboxylic acids is 1. The summed E-state index contributed by atoms with van der Waals surface area (Å²) in [5, 5.41) is 0. The maximum Gasteiger partial charge on any atom is 0.268 e. The summed E-state index contributed by atoms with van der Waals surface area (Å²) in [6.07, 6.45) is 6.86. The summed E-state index contributed by atoms with van der Waals surface area (Å²) < 4.78 is 5.36. The highest BCUT2D eigenvalue weighted by Crippen LogP contribution is 2.25. The quantitative estimate of drug-likeness (QED) is 0.472. The van der Waals surface area contributed by atoms with Crippen molar-refractivity contribution in [2.75, 3.05) is 13.6 Å². The second-order valence-corrected chi connectivity index (χ2v) is 5.08. The van der Waals surface area contributed by atoms with Crippen LogP contribution in [0.5, 0.6) is 0 Å². The van der Waals surface area contributed by atoms with Gasteiger partial charge in [-0.2, -0.15) is 0 Å². The van der Waals surface area contributed by atoms with Gasteiger partial charge in [0.1, 0.15) is 5.76 Å². The molecule has 1 aliphatic carbocycles. The molecule has 2 rings (SSSR count). The molecule has 1 fully saturated rings. The first-order valence-corrected chi connectivity index (χ1v) is 6.46. The zero-order valence-corrected chi connectivity index (χ0v) is 10.8. The first-order valence-electron chi connectivity index (χ1n) is 6.46. The van der Waals surface area contributed by atoms with Gasteiger partial charge in [0, 0.05) is 6.54 Å². The van der Waals surface area contributed by atoms with Crippen molar-refractivity contribution in [3.05, 3.63) is 23.7 Å². The lowest BCUT2D eigenvalue weighted by atomic mass is 10.1. The maximum absolute atomic E-state index is 11.5. The van der Waals surface area contributed by atoms with Crippen LogP contribution in [-0.2, 0) is 6.54 Å². The van der Waals surface area contributed by atoms with Crippen LogP contribution >= 0.6 is 0 Å². The summed E-state index contributed by atoms with van der Waals surface area (Å²) in [4.78, 5) is 13.7. The van der Waals surface area contributed by atoms with Gasteiger partial charge in [0.25, 0.3) is 5.91 Å². The van der Waals surface area contributed by atoms with Gasteiger partial charge in [-0.25, -0.2) is 5.84 Å². The Labute approximate surface area is 107 Å². The van der Waals surface area contributed by atoms with Gasteiger partial charge in [-0.05, 0) is 31.9 Å². The summed E-state index contributed by atoms with van der Waals surface area (Å²) in [6, 6.07) is 1.65. The Morgan fingerprint density at radius 2 is 2.28 bits per heavy atom. The molecule has 1 aromatic heterocycles. The van der Waals surface area contributed by atoms with E-state index in [1.54, 1.807) is 6.07 Å². The summed E-state index contributed by atoms with van der Waals surface area (Å²) in [5.41, 5.74) is 2.66. The van der Waals surface area contributed by atoms with E-state index in [2.05, 4.69) is 17.4 Å². The Morgan fingerprint density at radius 3 is 2.94 bits per heavy atom. The highest BCUT2D eigenvalue weighted by molar-refractivity contribution is 5.94. The highest BCUT2D eigenvalue weighted by Gasteiger charge is 2.19. The average Bonchev–Trinajstić information content (AvgIpc) is 2.99. The van der Waals surface area contributed by atoms with Crippen molar-refractivity contribution in [2.24, 2.45) is 11.8 Å². The SMILES string of the molecule is CN(Cc1occc1C(=O)NN)CC1CCCC1. The molecule has 1 aromatic rings. The molecule has 100 valence electrons. The predicted molar refractivity (Wildman–Crippen MR) is 68.7 cm³/mol. The molecular formula is C13H21N3O2. The predicted octanol–water partition coefficient (Wildman–Crippen LogP) is 1.51. The lowest BCUT2D eigenvalue weighted by molar-refractivity contribution is 0.0950. The van der Waals surface area contributed by atoms with Gasteiger partial charge < -0.3 is 4.42 Å². The fourth-order valence-electron chi connectivity index (χ4n) is 2.69. The standard InChI is InChI=1S/C13H21N3O2/c1-16(8-10-4-2-3-5-10)9-12-11(6-7-18-12)13(17)15-14/h6-7,10H,2-5,8-9,14H2,1H3,(H,15,17). The number of nitrogens with two attached hydrogens (primary N) is 1. The van der Waals surface area contributed by atoms with Crippen LogP contribution in [0.25, 0.3) is 0 Å². The number of nitrogen functional groups attached to an aromatic ring is 1. The fraction of sp³-hybridized carbons (Fsp3) is 0.615. The van der Waals surface area contributed by atoms with Crippen LogP contribution in [-0.4, -0.2) is 24.4 Å². The van der Waals surface area contributed by atoms with E-state index in [9.17, 15) is 4.79 Å². The third kappa shape index (κ3) is 3.11. The first kappa shape index (κ1) is 13.1. The molecule has 5 nitrogen and oxygen atoms in total. The van der Waals surface area contributed by atoms with Crippen LogP contribution in [0.3, 0.4) is 0 Å². The van der Waals surface area contributed by atoms with Gasteiger partial charge in [0.15, 0.2) is 0 Å². The summed E-state index contributed by atoms with van der Waals surface area (Å²) >= 11 is 0. The van der Waals surface area contributed by atoms with E-state index in [0.29, 0.717) is 17.9 Å². The monoisotopic (exact) mass is 251 g/mol. The van der Waals surface area contributed by atoms with Crippen LogP contribution in [0.15, 0.2) is 16.7 Å². The molecule has 0 aromatic carbocycles. The zero-order valence-electron chi connectivity index (χ0n) is 10.8. The van der Waals surface area contributed by atoms with Crippen LogP contribution in [0.1, 0.15) is 41.8 Å². The Balaban J connectivity index is 1.91. The van der Waals surface area contributed by atoms with Crippen LogP contribution in [0, 0.1) is 5.92 Å². The van der Waals surface area contributed by atoms with E-state index in [0.717, 1.165) is 12.5 Å². The molecule has 5 heteroatoms. The number of nitrogens with zero attached hydrogens (tertiary/aromatic N) is 1. The molecule has 0 bridgehead atoms. The molecule has 1 aliphatic rings. The van der Waals surface area contributed by atoms with Gasteiger partial charge in [0.05, 0.1) is 18.4 Å². The van der Waals surface area contributed by atoms with E-state index in [1.165, 1.54) is 31.9 Å². The van der Waals surface area contributed by atoms with Crippen molar-refractivity contribution in [3.8, 4) is 0 Å². The number of hydrogen-bond donors (Lipinski definition) is 2. The Bertz CT molecular complexity index is 397. The second kappa shape index (κ2) is 6.02. The van der Waals surface area contributed by atoms with Crippen molar-refractivity contribution in [3.63, 3.8) is 0 Å². The lowest BCUT2D eigenvalue weighted by Gasteiger charge is -2.19. The second-order valence-electron chi connectivity index (χ2n) is 5.08. The minimum atomic E-state index is -0.298. The smallest absolute Gasteiger partial charge is 0.268 e. The van der Waals surface area contributed by atoms with Crippen LogP contribution in [0.4, 0.5) is 0 Å². The van der Waals surface area contributed by atoms with Gasteiger partial charge in [-0.15, -0.1) is 0 Å². The molecule has 3 N–H and O–H groups in total.